The van der Waals surface area contributed by atoms with Crippen molar-refractivity contribution in [1.29, 1.82) is 0 Å². The summed E-state index contributed by atoms with van der Waals surface area (Å²) in [5.41, 5.74) is 2.82. The molecule has 0 bridgehead atoms. The van der Waals surface area contributed by atoms with Crippen LogP contribution < -0.4 is 0 Å². The summed E-state index contributed by atoms with van der Waals surface area (Å²) in [6.07, 6.45) is 11.6. The maximum absolute atomic E-state index is 4.79. The van der Waals surface area contributed by atoms with Gasteiger partial charge in [-0.25, -0.2) is 0 Å². The summed E-state index contributed by atoms with van der Waals surface area (Å²) < 4.78 is 0. The van der Waals surface area contributed by atoms with Gasteiger partial charge in [0.25, 0.3) is 0 Å². The molecule has 0 unspecified atom stereocenters. The molecule has 0 aromatic heterocycles. The number of allylic oxidation sites excluding steroid dienone is 3. The number of aliphatic imine (C=N–C) groups is 1. The minimum absolute atomic E-state index is 0.00488. The summed E-state index contributed by atoms with van der Waals surface area (Å²) in [5.74, 6) is 0. The Morgan fingerprint density at radius 2 is 2.00 bits per heavy atom. The molecule has 0 aromatic carbocycles. The third-order valence-electron chi connectivity index (χ3n) is 2.70. The molecule has 2 rings (SSSR count). The van der Waals surface area contributed by atoms with Crippen molar-refractivity contribution in [2.24, 2.45) is 4.99 Å². The monoisotopic (exact) mass is 175 g/mol. The van der Waals surface area contributed by atoms with E-state index in [1.165, 1.54) is 37.0 Å². The zero-order valence-corrected chi connectivity index (χ0v) is 8.51. The highest BCUT2D eigenvalue weighted by atomic mass is 14.8. The average Bonchev–Trinajstić information content (AvgIpc) is 2.21. The standard InChI is InChI=1S/C12H17N/c1-12(2)9-5-7-10-6-3-4-8-11(10)13-12/h5,7,9H,3-4,6,8H2,1-2H3. The van der Waals surface area contributed by atoms with Gasteiger partial charge in [-0.15, -0.1) is 0 Å². The van der Waals surface area contributed by atoms with Crippen molar-refractivity contribution < 1.29 is 0 Å². The molecule has 70 valence electrons. The molecule has 2 aliphatic rings. The van der Waals surface area contributed by atoms with Crippen LogP contribution in [0.1, 0.15) is 39.5 Å². The van der Waals surface area contributed by atoms with Gasteiger partial charge in [0.15, 0.2) is 0 Å². The van der Waals surface area contributed by atoms with Crippen molar-refractivity contribution in [3.8, 4) is 0 Å². The first-order valence-electron chi connectivity index (χ1n) is 5.15. The second kappa shape index (κ2) is 3.13. The van der Waals surface area contributed by atoms with Gasteiger partial charge < -0.3 is 0 Å². The minimum Gasteiger partial charge on any atom is -0.279 e. The van der Waals surface area contributed by atoms with Crippen LogP contribution in [-0.2, 0) is 0 Å². The molecule has 13 heavy (non-hydrogen) atoms. The van der Waals surface area contributed by atoms with E-state index >= 15 is 0 Å². The predicted molar refractivity (Wildman–Crippen MR) is 57.2 cm³/mol. The van der Waals surface area contributed by atoms with E-state index in [0.717, 1.165) is 0 Å². The quantitative estimate of drug-likeness (QED) is 0.536. The van der Waals surface area contributed by atoms with Gasteiger partial charge in [0.1, 0.15) is 0 Å². The van der Waals surface area contributed by atoms with Crippen molar-refractivity contribution in [1.82, 2.24) is 0 Å². The first kappa shape index (κ1) is 8.74. The maximum Gasteiger partial charge on any atom is 0.0737 e. The topological polar surface area (TPSA) is 12.4 Å². The third-order valence-corrected chi connectivity index (χ3v) is 2.70. The minimum atomic E-state index is 0.00488. The maximum atomic E-state index is 4.79. The molecule has 0 amide bonds. The molecule has 0 aromatic rings. The molecule has 0 atom stereocenters. The number of rotatable bonds is 0. The molecule has 0 N–H and O–H groups in total. The van der Waals surface area contributed by atoms with E-state index in [1.54, 1.807) is 0 Å². The van der Waals surface area contributed by atoms with Gasteiger partial charge >= 0.3 is 0 Å². The van der Waals surface area contributed by atoms with E-state index in [0.29, 0.717) is 0 Å². The Bertz CT molecular complexity index is 292. The summed E-state index contributed by atoms with van der Waals surface area (Å²) in [7, 11) is 0. The summed E-state index contributed by atoms with van der Waals surface area (Å²) in [6, 6.07) is 0. The fourth-order valence-corrected chi connectivity index (χ4v) is 2.00. The fraction of sp³-hybridized carbons (Fsp3) is 0.583. The zero-order chi connectivity index (χ0) is 9.31. The Balaban J connectivity index is 2.34. The highest BCUT2D eigenvalue weighted by molar-refractivity contribution is 6.01. The molecular formula is C12H17N. The Morgan fingerprint density at radius 1 is 1.23 bits per heavy atom. The van der Waals surface area contributed by atoms with E-state index in [9.17, 15) is 0 Å². The van der Waals surface area contributed by atoms with E-state index in [4.69, 9.17) is 4.99 Å². The van der Waals surface area contributed by atoms with Crippen LogP contribution in [-0.4, -0.2) is 11.3 Å². The lowest BCUT2D eigenvalue weighted by Crippen LogP contribution is -2.17. The SMILES string of the molecule is CC1(C)C=CC=C2CCCCC2=N1. The molecule has 1 saturated carbocycles. The molecular weight excluding hydrogens is 158 g/mol. The summed E-state index contributed by atoms with van der Waals surface area (Å²) in [4.78, 5) is 4.79. The second-order valence-corrected chi connectivity index (χ2v) is 4.47. The molecule has 1 aliphatic heterocycles. The first-order chi connectivity index (χ1) is 6.17. The summed E-state index contributed by atoms with van der Waals surface area (Å²) >= 11 is 0. The highest BCUT2D eigenvalue weighted by Crippen LogP contribution is 2.26. The van der Waals surface area contributed by atoms with Crippen LogP contribution in [0.5, 0.6) is 0 Å². The predicted octanol–water partition coefficient (Wildman–Crippen LogP) is 3.28. The van der Waals surface area contributed by atoms with E-state index in [2.05, 4.69) is 32.1 Å². The fourth-order valence-electron chi connectivity index (χ4n) is 2.00. The van der Waals surface area contributed by atoms with E-state index in [-0.39, 0.29) is 5.54 Å². The van der Waals surface area contributed by atoms with E-state index in [1.807, 2.05) is 0 Å². The van der Waals surface area contributed by atoms with Crippen LogP contribution >= 0.6 is 0 Å². The van der Waals surface area contributed by atoms with Crippen LogP contribution in [0.2, 0.25) is 0 Å². The van der Waals surface area contributed by atoms with Crippen LogP contribution in [0.4, 0.5) is 0 Å². The highest BCUT2D eigenvalue weighted by Gasteiger charge is 2.19. The van der Waals surface area contributed by atoms with Crippen molar-refractivity contribution in [2.75, 3.05) is 0 Å². The molecule has 0 radical (unpaired) electrons. The molecule has 1 heteroatoms. The van der Waals surface area contributed by atoms with Gasteiger partial charge in [0, 0.05) is 5.71 Å². The van der Waals surface area contributed by atoms with Crippen molar-refractivity contribution in [3.05, 3.63) is 23.8 Å². The normalized spacial score (nSPS) is 25.7. The van der Waals surface area contributed by atoms with Crippen molar-refractivity contribution in [2.45, 2.75) is 45.1 Å². The van der Waals surface area contributed by atoms with Crippen LogP contribution in [0.15, 0.2) is 28.8 Å². The van der Waals surface area contributed by atoms with Gasteiger partial charge in [-0.3, -0.25) is 4.99 Å². The van der Waals surface area contributed by atoms with Gasteiger partial charge in [-0.1, -0.05) is 18.2 Å². The number of hydrogen-bond donors (Lipinski definition) is 0. The number of fused-ring (bicyclic) bond motifs is 1. The lowest BCUT2D eigenvalue weighted by atomic mass is 9.92. The van der Waals surface area contributed by atoms with Gasteiger partial charge in [-0.05, 0) is 45.1 Å². The Hall–Kier alpha value is -0.850. The summed E-state index contributed by atoms with van der Waals surface area (Å²) in [6.45, 7) is 4.34. The molecule has 0 spiro atoms. The van der Waals surface area contributed by atoms with Crippen LogP contribution in [0.3, 0.4) is 0 Å². The molecule has 1 aliphatic carbocycles. The average molecular weight is 175 g/mol. The molecule has 1 fully saturated rings. The van der Waals surface area contributed by atoms with Gasteiger partial charge in [0.05, 0.1) is 5.54 Å². The first-order valence-corrected chi connectivity index (χ1v) is 5.15. The smallest absolute Gasteiger partial charge is 0.0737 e. The van der Waals surface area contributed by atoms with Crippen LogP contribution in [0, 0.1) is 0 Å². The lowest BCUT2D eigenvalue weighted by molar-refractivity contribution is 0.645. The Morgan fingerprint density at radius 3 is 2.85 bits per heavy atom. The van der Waals surface area contributed by atoms with Crippen molar-refractivity contribution in [3.63, 3.8) is 0 Å². The van der Waals surface area contributed by atoms with Gasteiger partial charge in [0.2, 0.25) is 0 Å². The lowest BCUT2D eigenvalue weighted by Gasteiger charge is -2.20. The Kier molecular flexibility index (Phi) is 2.10. The largest absolute Gasteiger partial charge is 0.279 e. The second-order valence-electron chi connectivity index (χ2n) is 4.47. The molecule has 1 nitrogen and oxygen atoms in total. The number of nitrogens with zero attached hydrogens (tertiary/aromatic N) is 1. The Labute approximate surface area is 80.3 Å². The third kappa shape index (κ3) is 1.90. The van der Waals surface area contributed by atoms with Crippen LogP contribution in [0.25, 0.3) is 0 Å². The van der Waals surface area contributed by atoms with Gasteiger partial charge in [-0.2, -0.15) is 0 Å². The van der Waals surface area contributed by atoms with E-state index < -0.39 is 0 Å². The van der Waals surface area contributed by atoms with Crippen molar-refractivity contribution >= 4 is 5.71 Å². The molecule has 1 heterocycles. The number of hydrogen-bond acceptors (Lipinski definition) is 1. The molecule has 0 saturated heterocycles. The summed E-state index contributed by atoms with van der Waals surface area (Å²) in [5, 5.41) is 0. The zero-order valence-electron chi connectivity index (χ0n) is 8.51.